The van der Waals surface area contributed by atoms with Crippen LogP contribution in [0.3, 0.4) is 0 Å². The summed E-state index contributed by atoms with van der Waals surface area (Å²) in [6.45, 7) is 0.0155. The summed E-state index contributed by atoms with van der Waals surface area (Å²) in [4.78, 5) is 15.7. The fourth-order valence-corrected chi connectivity index (χ4v) is 2.05. The van der Waals surface area contributed by atoms with Gasteiger partial charge in [-0.3, -0.25) is 9.78 Å². The van der Waals surface area contributed by atoms with Gasteiger partial charge in [0.2, 0.25) is 0 Å². The maximum Gasteiger partial charge on any atom is 0.416 e. The number of alkyl halides is 3. The average Bonchev–Trinajstić information content (AvgIpc) is 2.51. The number of benzene rings is 1. The smallest absolute Gasteiger partial charge is 0.341 e. The molecule has 1 aromatic heterocycles. The summed E-state index contributed by atoms with van der Waals surface area (Å²) >= 11 is 3.20. The fourth-order valence-electron chi connectivity index (χ4n) is 1.68. The number of pyridine rings is 1. The molecule has 2 aromatic rings. The number of hydrogen-bond donors (Lipinski definition) is 1. The fraction of sp³-hybridized carbons (Fsp3) is 0.125. The summed E-state index contributed by atoms with van der Waals surface area (Å²) in [6, 6.07) is 6.31. The van der Waals surface area contributed by atoms with E-state index in [9.17, 15) is 18.0 Å². The minimum Gasteiger partial charge on any atom is -0.341 e. The summed E-state index contributed by atoms with van der Waals surface area (Å²) in [5.74, 6) is 4.84. The molecule has 0 unspecified atom stereocenters. The molecule has 3 nitrogen and oxygen atoms in total. The van der Waals surface area contributed by atoms with Gasteiger partial charge in [-0.2, -0.15) is 13.2 Å². The number of amides is 1. The molecule has 0 bridgehead atoms. The van der Waals surface area contributed by atoms with Crippen molar-refractivity contribution in [3.05, 3.63) is 63.9 Å². The lowest BCUT2D eigenvalue weighted by Gasteiger charge is -2.05. The molecule has 1 aromatic carbocycles. The molecule has 23 heavy (non-hydrogen) atoms. The highest BCUT2D eigenvalue weighted by Crippen LogP contribution is 2.29. The predicted octanol–water partition coefficient (Wildman–Crippen LogP) is 3.64. The third kappa shape index (κ3) is 5.11. The number of hydrogen-bond acceptors (Lipinski definition) is 2. The van der Waals surface area contributed by atoms with Gasteiger partial charge in [0.1, 0.15) is 0 Å². The molecule has 0 aliphatic carbocycles. The number of nitrogens with one attached hydrogen (secondary N) is 1. The van der Waals surface area contributed by atoms with Crippen molar-refractivity contribution in [1.29, 1.82) is 0 Å². The summed E-state index contributed by atoms with van der Waals surface area (Å²) in [7, 11) is 0. The highest BCUT2D eigenvalue weighted by molar-refractivity contribution is 9.10. The topological polar surface area (TPSA) is 42.0 Å². The largest absolute Gasteiger partial charge is 0.416 e. The molecule has 2 rings (SSSR count). The van der Waals surface area contributed by atoms with Crippen LogP contribution in [0.25, 0.3) is 0 Å². The predicted molar refractivity (Wildman–Crippen MR) is 82.6 cm³/mol. The molecule has 0 saturated heterocycles. The van der Waals surface area contributed by atoms with Gasteiger partial charge < -0.3 is 5.32 Å². The maximum atomic E-state index is 12.6. The summed E-state index contributed by atoms with van der Waals surface area (Å²) in [5, 5.41) is 2.55. The number of aromatic nitrogens is 1. The van der Waals surface area contributed by atoms with Crippen LogP contribution in [0.2, 0.25) is 0 Å². The van der Waals surface area contributed by atoms with Gasteiger partial charge in [0.15, 0.2) is 0 Å². The van der Waals surface area contributed by atoms with Gasteiger partial charge in [0, 0.05) is 22.4 Å². The zero-order valence-electron chi connectivity index (χ0n) is 11.6. The van der Waals surface area contributed by atoms with Crippen molar-refractivity contribution in [2.45, 2.75) is 6.18 Å². The van der Waals surface area contributed by atoms with Crippen LogP contribution >= 0.6 is 15.9 Å². The first-order chi connectivity index (χ1) is 10.9. The zero-order valence-corrected chi connectivity index (χ0v) is 13.2. The van der Waals surface area contributed by atoms with Gasteiger partial charge in [-0.15, -0.1) is 0 Å². The number of carbonyl (C=O) groups excluding carboxylic acids is 1. The van der Waals surface area contributed by atoms with E-state index in [2.05, 4.69) is 38.1 Å². The minimum atomic E-state index is -4.40. The van der Waals surface area contributed by atoms with Crippen molar-refractivity contribution < 1.29 is 18.0 Å². The van der Waals surface area contributed by atoms with Crippen LogP contribution in [0.4, 0.5) is 13.2 Å². The molecule has 0 spiro atoms. The summed E-state index contributed by atoms with van der Waals surface area (Å²) < 4.78 is 38.4. The van der Waals surface area contributed by atoms with Crippen LogP contribution in [0, 0.1) is 11.8 Å². The highest BCUT2D eigenvalue weighted by atomic mass is 79.9. The van der Waals surface area contributed by atoms with Crippen molar-refractivity contribution in [2.75, 3.05) is 6.54 Å². The van der Waals surface area contributed by atoms with E-state index in [1.807, 2.05) is 0 Å². The molecular weight excluding hydrogens is 373 g/mol. The zero-order chi connectivity index (χ0) is 16.9. The first-order valence-corrected chi connectivity index (χ1v) is 7.20. The van der Waals surface area contributed by atoms with Crippen LogP contribution < -0.4 is 5.32 Å². The lowest BCUT2D eigenvalue weighted by Crippen LogP contribution is -2.23. The second-order valence-corrected chi connectivity index (χ2v) is 5.37. The molecule has 0 fully saturated rings. The SMILES string of the molecule is O=C(NCC#Cc1cccc(C(F)(F)F)c1)c1cncc(Br)c1. The van der Waals surface area contributed by atoms with Crippen molar-refractivity contribution in [3.63, 3.8) is 0 Å². The van der Waals surface area contributed by atoms with E-state index in [1.165, 1.54) is 18.3 Å². The number of carbonyl (C=O) groups is 1. The number of halogens is 4. The second kappa shape index (κ2) is 7.29. The van der Waals surface area contributed by atoms with Crippen LogP contribution in [0.1, 0.15) is 21.5 Å². The molecular formula is C16H10BrF3N2O. The van der Waals surface area contributed by atoms with E-state index in [0.29, 0.717) is 10.0 Å². The molecule has 0 atom stereocenters. The average molecular weight is 383 g/mol. The van der Waals surface area contributed by atoms with E-state index >= 15 is 0 Å². The van der Waals surface area contributed by atoms with E-state index < -0.39 is 11.7 Å². The second-order valence-electron chi connectivity index (χ2n) is 4.45. The Morgan fingerprint density at radius 3 is 2.74 bits per heavy atom. The van der Waals surface area contributed by atoms with Gasteiger partial charge >= 0.3 is 6.18 Å². The van der Waals surface area contributed by atoms with Gasteiger partial charge in [-0.1, -0.05) is 17.9 Å². The molecule has 0 aliphatic heterocycles. The number of rotatable bonds is 2. The molecule has 118 valence electrons. The molecule has 0 aliphatic rings. The van der Waals surface area contributed by atoms with Crippen molar-refractivity contribution >= 4 is 21.8 Å². The van der Waals surface area contributed by atoms with E-state index in [-0.39, 0.29) is 18.0 Å². The molecule has 0 radical (unpaired) electrons. The molecule has 1 heterocycles. The Morgan fingerprint density at radius 1 is 1.26 bits per heavy atom. The first-order valence-electron chi connectivity index (χ1n) is 6.41. The third-order valence-corrected chi connectivity index (χ3v) is 3.16. The van der Waals surface area contributed by atoms with Gasteiger partial charge in [-0.05, 0) is 40.2 Å². The van der Waals surface area contributed by atoms with Crippen LogP contribution in [-0.2, 0) is 6.18 Å². The van der Waals surface area contributed by atoms with Crippen LogP contribution in [0.15, 0.2) is 47.2 Å². The van der Waals surface area contributed by atoms with E-state index in [1.54, 1.807) is 12.3 Å². The molecule has 1 amide bonds. The van der Waals surface area contributed by atoms with Gasteiger partial charge in [0.05, 0.1) is 17.7 Å². The van der Waals surface area contributed by atoms with Crippen molar-refractivity contribution in [3.8, 4) is 11.8 Å². The van der Waals surface area contributed by atoms with Crippen LogP contribution in [-0.4, -0.2) is 17.4 Å². The van der Waals surface area contributed by atoms with Gasteiger partial charge in [-0.25, -0.2) is 0 Å². The quantitative estimate of drug-likeness (QED) is 0.805. The van der Waals surface area contributed by atoms with Crippen molar-refractivity contribution in [2.24, 2.45) is 0 Å². The Labute approximate surface area is 139 Å². The van der Waals surface area contributed by atoms with E-state index in [0.717, 1.165) is 12.1 Å². The van der Waals surface area contributed by atoms with Crippen molar-refractivity contribution in [1.82, 2.24) is 10.3 Å². The van der Waals surface area contributed by atoms with Gasteiger partial charge in [0.25, 0.3) is 5.91 Å². The normalized spacial score (nSPS) is 10.6. The minimum absolute atomic E-state index is 0.0155. The Kier molecular flexibility index (Phi) is 5.40. The number of nitrogens with zero attached hydrogens (tertiary/aromatic N) is 1. The maximum absolute atomic E-state index is 12.6. The summed E-state index contributed by atoms with van der Waals surface area (Å²) in [6.07, 6.45) is -1.45. The lowest BCUT2D eigenvalue weighted by atomic mass is 10.1. The lowest BCUT2D eigenvalue weighted by molar-refractivity contribution is -0.137. The Bertz CT molecular complexity index is 779. The monoisotopic (exact) mass is 382 g/mol. The molecule has 1 N–H and O–H groups in total. The van der Waals surface area contributed by atoms with E-state index in [4.69, 9.17) is 0 Å². The van der Waals surface area contributed by atoms with Crippen LogP contribution in [0.5, 0.6) is 0 Å². The first kappa shape index (κ1) is 17.0. The standard InChI is InChI=1S/C16H10BrF3N2O/c17-14-8-12(9-21-10-14)15(23)22-6-2-4-11-3-1-5-13(7-11)16(18,19)20/h1,3,5,7-10H,6H2,(H,22,23). The summed E-state index contributed by atoms with van der Waals surface area (Å²) in [5.41, 5.74) is -0.160. The Hall–Kier alpha value is -2.33. The Morgan fingerprint density at radius 2 is 2.04 bits per heavy atom. The highest BCUT2D eigenvalue weighted by Gasteiger charge is 2.30. The molecule has 0 saturated carbocycles. The molecule has 7 heteroatoms. The Balaban J connectivity index is 1.97. The third-order valence-electron chi connectivity index (χ3n) is 2.73.